The molecule has 21 heavy (non-hydrogen) atoms. The topological polar surface area (TPSA) is 81.7 Å². The van der Waals surface area contributed by atoms with Crippen LogP contribution in [0.25, 0.3) is 0 Å². The summed E-state index contributed by atoms with van der Waals surface area (Å²) in [4.78, 5) is 35.1. The smallest absolute Gasteiger partial charge is 0.328 e. The van der Waals surface area contributed by atoms with Crippen LogP contribution < -0.4 is 5.32 Å². The van der Waals surface area contributed by atoms with Crippen molar-refractivity contribution in [3.8, 4) is 0 Å². The van der Waals surface area contributed by atoms with Crippen molar-refractivity contribution >= 4 is 17.8 Å². The van der Waals surface area contributed by atoms with Gasteiger partial charge in [-0.2, -0.15) is 0 Å². The summed E-state index contributed by atoms with van der Waals surface area (Å²) in [6, 6.07) is -0.730. The number of rotatable bonds is 8. The van der Waals surface area contributed by atoms with Crippen molar-refractivity contribution in [3.63, 3.8) is 0 Å². The normalized spacial score (nSPS) is 12.4. The van der Waals surface area contributed by atoms with E-state index in [0.717, 1.165) is 0 Å². The van der Waals surface area contributed by atoms with Crippen LogP contribution in [-0.2, 0) is 23.9 Å². The lowest BCUT2D eigenvalue weighted by Crippen LogP contribution is -2.46. The minimum atomic E-state index is -0.730. The van der Waals surface area contributed by atoms with Crippen LogP contribution in [0.15, 0.2) is 0 Å². The number of ether oxygens (including phenoxy) is 2. The van der Waals surface area contributed by atoms with E-state index in [-0.39, 0.29) is 24.9 Å². The average molecular weight is 301 g/mol. The Balaban J connectivity index is 4.50. The largest absolute Gasteiger partial charge is 0.466 e. The van der Waals surface area contributed by atoms with Gasteiger partial charge in [0.1, 0.15) is 6.04 Å². The van der Waals surface area contributed by atoms with E-state index < -0.39 is 17.4 Å². The minimum Gasteiger partial charge on any atom is -0.466 e. The van der Waals surface area contributed by atoms with E-state index in [1.807, 2.05) is 0 Å². The molecular weight excluding hydrogens is 274 g/mol. The van der Waals surface area contributed by atoms with E-state index in [2.05, 4.69) is 5.32 Å². The molecule has 1 atom stereocenters. The molecule has 0 saturated heterocycles. The van der Waals surface area contributed by atoms with Crippen molar-refractivity contribution in [3.05, 3.63) is 0 Å². The van der Waals surface area contributed by atoms with Crippen molar-refractivity contribution in [1.29, 1.82) is 0 Å². The second kappa shape index (κ2) is 9.37. The predicted molar refractivity (Wildman–Crippen MR) is 78.5 cm³/mol. The van der Waals surface area contributed by atoms with Gasteiger partial charge < -0.3 is 14.8 Å². The summed E-state index contributed by atoms with van der Waals surface area (Å²) < 4.78 is 9.78. The maximum absolute atomic E-state index is 12.0. The van der Waals surface area contributed by atoms with Crippen LogP contribution in [0.3, 0.4) is 0 Å². The van der Waals surface area contributed by atoms with Crippen LogP contribution in [0.2, 0.25) is 0 Å². The number of hydrogen-bond acceptors (Lipinski definition) is 5. The molecule has 0 unspecified atom stereocenters. The van der Waals surface area contributed by atoms with Gasteiger partial charge in [-0.25, -0.2) is 4.79 Å². The van der Waals surface area contributed by atoms with Gasteiger partial charge >= 0.3 is 11.9 Å². The molecule has 0 aliphatic rings. The zero-order valence-electron chi connectivity index (χ0n) is 13.7. The first-order valence-electron chi connectivity index (χ1n) is 7.35. The number of carbonyl (C=O) groups is 3. The molecule has 0 saturated carbocycles. The van der Waals surface area contributed by atoms with Crippen LogP contribution in [0, 0.1) is 5.41 Å². The first kappa shape index (κ1) is 19.4. The molecule has 6 nitrogen and oxygen atoms in total. The molecule has 0 bridgehead atoms. The van der Waals surface area contributed by atoms with E-state index in [1.165, 1.54) is 0 Å². The van der Waals surface area contributed by atoms with Crippen LogP contribution >= 0.6 is 0 Å². The third kappa shape index (κ3) is 8.32. The van der Waals surface area contributed by atoms with Gasteiger partial charge in [0.05, 0.1) is 13.2 Å². The molecule has 0 radical (unpaired) electrons. The summed E-state index contributed by atoms with van der Waals surface area (Å²) >= 11 is 0. The molecule has 1 N–H and O–H groups in total. The summed E-state index contributed by atoms with van der Waals surface area (Å²) in [7, 11) is 0. The molecule has 0 rings (SSSR count). The van der Waals surface area contributed by atoms with Crippen molar-refractivity contribution in [2.75, 3.05) is 13.2 Å². The van der Waals surface area contributed by atoms with Crippen LogP contribution in [0.5, 0.6) is 0 Å². The van der Waals surface area contributed by atoms with Gasteiger partial charge in [0, 0.05) is 11.8 Å². The van der Waals surface area contributed by atoms with E-state index in [1.54, 1.807) is 34.6 Å². The molecule has 0 aliphatic carbocycles. The molecule has 0 aromatic rings. The van der Waals surface area contributed by atoms with Crippen molar-refractivity contribution in [1.82, 2.24) is 5.32 Å². The second-order valence-corrected chi connectivity index (χ2v) is 5.73. The Bertz CT molecular complexity index is 360. The Morgan fingerprint density at radius 3 is 2.10 bits per heavy atom. The lowest BCUT2D eigenvalue weighted by molar-refractivity contribution is -0.149. The summed E-state index contributed by atoms with van der Waals surface area (Å²) in [5, 5.41) is 2.68. The van der Waals surface area contributed by atoms with Crippen LogP contribution in [-0.4, -0.2) is 37.1 Å². The molecule has 0 aliphatic heterocycles. The fraction of sp³-hybridized carbons (Fsp3) is 0.800. The highest BCUT2D eigenvalue weighted by Gasteiger charge is 2.28. The summed E-state index contributed by atoms with van der Waals surface area (Å²) in [6.07, 6.45) is 1.02. The van der Waals surface area contributed by atoms with Crippen molar-refractivity contribution in [2.24, 2.45) is 5.41 Å². The molecule has 6 heteroatoms. The number of carbonyl (C=O) groups excluding carboxylic acids is 3. The standard InChI is InChI=1S/C15H27NO5/c1-6-20-12(17)10-8-9-11(13(18)21-7-2)16-14(19)15(3,4)5/h11H,6-10H2,1-5H3,(H,16,19)/t11-/m0/s1. The summed E-state index contributed by atoms with van der Waals surface area (Å²) in [6.45, 7) is 9.33. The zero-order chi connectivity index (χ0) is 16.5. The number of amides is 1. The fourth-order valence-corrected chi connectivity index (χ4v) is 1.55. The molecule has 0 spiro atoms. The fourth-order valence-electron chi connectivity index (χ4n) is 1.55. The highest BCUT2D eigenvalue weighted by Crippen LogP contribution is 2.14. The van der Waals surface area contributed by atoms with E-state index >= 15 is 0 Å². The first-order valence-corrected chi connectivity index (χ1v) is 7.35. The van der Waals surface area contributed by atoms with Crippen molar-refractivity contribution < 1.29 is 23.9 Å². The molecule has 0 heterocycles. The van der Waals surface area contributed by atoms with Gasteiger partial charge in [0.25, 0.3) is 0 Å². The molecule has 0 fully saturated rings. The molecule has 0 aromatic carbocycles. The number of esters is 2. The lowest BCUT2D eigenvalue weighted by Gasteiger charge is -2.23. The maximum atomic E-state index is 12.0. The highest BCUT2D eigenvalue weighted by atomic mass is 16.5. The van der Waals surface area contributed by atoms with Gasteiger partial charge in [-0.15, -0.1) is 0 Å². The number of hydrogen-bond donors (Lipinski definition) is 1. The summed E-state index contributed by atoms with van der Waals surface area (Å²) in [5.41, 5.74) is -0.591. The van der Waals surface area contributed by atoms with E-state index in [9.17, 15) is 14.4 Å². The van der Waals surface area contributed by atoms with Gasteiger partial charge in [0.2, 0.25) is 5.91 Å². The SMILES string of the molecule is CCOC(=O)CCC[C@H](NC(=O)C(C)(C)C)C(=O)OCC. The van der Waals surface area contributed by atoms with E-state index in [4.69, 9.17) is 9.47 Å². The highest BCUT2D eigenvalue weighted by molar-refractivity contribution is 5.87. The van der Waals surface area contributed by atoms with Crippen LogP contribution in [0.1, 0.15) is 53.9 Å². The lowest BCUT2D eigenvalue weighted by atomic mass is 9.95. The van der Waals surface area contributed by atoms with Gasteiger partial charge in [0.15, 0.2) is 0 Å². The maximum Gasteiger partial charge on any atom is 0.328 e. The Morgan fingerprint density at radius 1 is 1.05 bits per heavy atom. The number of nitrogens with one attached hydrogen (secondary N) is 1. The Morgan fingerprint density at radius 2 is 1.62 bits per heavy atom. The third-order valence-corrected chi connectivity index (χ3v) is 2.74. The Hall–Kier alpha value is -1.59. The second-order valence-electron chi connectivity index (χ2n) is 5.73. The minimum absolute atomic E-state index is 0.217. The third-order valence-electron chi connectivity index (χ3n) is 2.74. The first-order chi connectivity index (χ1) is 9.72. The quantitative estimate of drug-likeness (QED) is 0.691. The van der Waals surface area contributed by atoms with E-state index in [0.29, 0.717) is 19.4 Å². The molecule has 122 valence electrons. The van der Waals surface area contributed by atoms with Crippen molar-refractivity contribution in [2.45, 2.75) is 59.9 Å². The van der Waals surface area contributed by atoms with Gasteiger partial charge in [-0.1, -0.05) is 20.8 Å². The zero-order valence-corrected chi connectivity index (χ0v) is 13.7. The molecule has 1 amide bonds. The van der Waals surface area contributed by atoms with Gasteiger partial charge in [-0.05, 0) is 26.7 Å². The average Bonchev–Trinajstić information content (AvgIpc) is 2.36. The van der Waals surface area contributed by atoms with Crippen LogP contribution in [0.4, 0.5) is 0 Å². The molecule has 0 aromatic heterocycles. The van der Waals surface area contributed by atoms with Gasteiger partial charge in [-0.3, -0.25) is 9.59 Å². The monoisotopic (exact) mass is 301 g/mol. The molecular formula is C15H27NO5. The summed E-state index contributed by atoms with van der Waals surface area (Å²) in [5.74, 6) is -1.00. The Labute approximate surface area is 126 Å². The predicted octanol–water partition coefficient (Wildman–Crippen LogP) is 1.81. The Kier molecular flexibility index (Phi) is 8.66.